The smallest absolute Gasteiger partial charge is 0.333 e. The first kappa shape index (κ1) is 25.8. The van der Waals surface area contributed by atoms with Crippen molar-refractivity contribution in [3.63, 3.8) is 0 Å². The molecule has 2 aromatic carbocycles. The number of imidazole rings is 1. The van der Waals surface area contributed by atoms with Gasteiger partial charge in [-0.1, -0.05) is 13.0 Å². The predicted molar refractivity (Wildman–Crippen MR) is 134 cm³/mol. The summed E-state index contributed by atoms with van der Waals surface area (Å²) < 4.78 is 30.2. The molecule has 0 radical (unpaired) electrons. The Bertz CT molecular complexity index is 1530. The Morgan fingerprint density at radius 1 is 1.14 bits per heavy atom. The molecule has 0 saturated carbocycles. The van der Waals surface area contributed by atoms with E-state index in [2.05, 4.69) is 20.3 Å². The molecule has 4 N–H and O–H groups in total. The number of carbonyl (C=O) groups is 2. The van der Waals surface area contributed by atoms with Gasteiger partial charge in [-0.2, -0.15) is 0 Å². The number of aliphatic carboxylic acids is 1. The van der Waals surface area contributed by atoms with Crippen molar-refractivity contribution in [3.8, 4) is 23.0 Å². The second kappa shape index (κ2) is 10.8. The summed E-state index contributed by atoms with van der Waals surface area (Å²) >= 11 is 0. The number of rotatable bonds is 10. The Morgan fingerprint density at radius 3 is 2.54 bits per heavy atom. The molecule has 0 spiro atoms. The molecule has 2 aromatic heterocycles. The molecule has 0 aliphatic heterocycles. The van der Waals surface area contributed by atoms with Crippen molar-refractivity contribution in [2.45, 2.75) is 30.9 Å². The number of aromatic nitrogens is 3. The van der Waals surface area contributed by atoms with E-state index in [0.717, 1.165) is 0 Å². The van der Waals surface area contributed by atoms with Gasteiger partial charge in [0.1, 0.15) is 17.2 Å². The van der Waals surface area contributed by atoms with E-state index >= 15 is 0 Å². The average Bonchev–Trinajstić information content (AvgIpc) is 3.31. The summed E-state index contributed by atoms with van der Waals surface area (Å²) in [5.74, 6) is -0.938. The van der Waals surface area contributed by atoms with Gasteiger partial charge in [0.05, 0.1) is 28.1 Å². The maximum Gasteiger partial charge on any atom is 0.333 e. The standard InChI is InChI=1S/C25H24N4O7S/c1-2-37(34,35)17-8-6-16(7-9-17)36-22-12-20-19(28-24(29-20)18-5-3-4-10-26-18)11-15(22)14-27-23(31)13-21(30)25(32)33/h3-12,21,30H,2,13-14H2,1H3,(H,27,31)(H,28,29)(H,32,33). The van der Waals surface area contributed by atoms with Crippen LogP contribution in [0, 0.1) is 0 Å². The molecule has 0 saturated heterocycles. The Kier molecular flexibility index (Phi) is 7.50. The van der Waals surface area contributed by atoms with Crippen molar-refractivity contribution in [3.05, 3.63) is 66.4 Å². The molecule has 12 heteroatoms. The van der Waals surface area contributed by atoms with Crippen LogP contribution in [0.2, 0.25) is 0 Å². The number of carboxylic acid groups (broad SMARTS) is 1. The normalized spacial score (nSPS) is 12.3. The van der Waals surface area contributed by atoms with E-state index in [1.807, 2.05) is 6.07 Å². The van der Waals surface area contributed by atoms with E-state index in [1.54, 1.807) is 37.4 Å². The number of hydrogen-bond acceptors (Lipinski definition) is 8. The third-order valence-corrected chi connectivity index (χ3v) is 7.25. The summed E-state index contributed by atoms with van der Waals surface area (Å²) in [6.07, 6.45) is -0.772. The SMILES string of the molecule is CCS(=O)(=O)c1ccc(Oc2cc3nc(-c4ccccn4)[nH]c3cc2CNC(=O)CC(O)C(=O)O)cc1. The van der Waals surface area contributed by atoms with Crippen molar-refractivity contribution in [1.29, 1.82) is 0 Å². The van der Waals surface area contributed by atoms with Crippen LogP contribution in [0.3, 0.4) is 0 Å². The first-order chi connectivity index (χ1) is 17.7. The number of benzene rings is 2. The van der Waals surface area contributed by atoms with E-state index in [-0.39, 0.29) is 17.2 Å². The number of hydrogen-bond donors (Lipinski definition) is 4. The number of aromatic amines is 1. The van der Waals surface area contributed by atoms with Gasteiger partial charge in [-0.3, -0.25) is 9.78 Å². The van der Waals surface area contributed by atoms with Crippen LogP contribution < -0.4 is 10.1 Å². The molecule has 0 bridgehead atoms. The molecule has 37 heavy (non-hydrogen) atoms. The number of sulfone groups is 1. The van der Waals surface area contributed by atoms with E-state index in [9.17, 15) is 23.1 Å². The number of amides is 1. The lowest BCUT2D eigenvalue weighted by Gasteiger charge is -2.13. The van der Waals surface area contributed by atoms with Crippen LogP contribution in [0.5, 0.6) is 11.5 Å². The van der Waals surface area contributed by atoms with Crippen LogP contribution in [0.25, 0.3) is 22.6 Å². The largest absolute Gasteiger partial charge is 0.479 e. The highest BCUT2D eigenvalue weighted by Gasteiger charge is 2.19. The van der Waals surface area contributed by atoms with Crippen molar-refractivity contribution < 1.29 is 33.0 Å². The number of pyridine rings is 1. The molecule has 11 nitrogen and oxygen atoms in total. The summed E-state index contributed by atoms with van der Waals surface area (Å²) in [6.45, 7) is 1.53. The Balaban J connectivity index is 1.65. The summed E-state index contributed by atoms with van der Waals surface area (Å²) in [5, 5.41) is 20.8. The summed E-state index contributed by atoms with van der Waals surface area (Å²) in [4.78, 5) is 35.2. The zero-order valence-electron chi connectivity index (χ0n) is 19.7. The number of carboxylic acids is 1. The fourth-order valence-corrected chi connectivity index (χ4v) is 4.36. The van der Waals surface area contributed by atoms with E-state index in [4.69, 9.17) is 9.84 Å². The molecule has 192 valence electrons. The van der Waals surface area contributed by atoms with Crippen LogP contribution in [-0.2, 0) is 26.0 Å². The number of ether oxygens (including phenoxy) is 1. The predicted octanol–water partition coefficient (Wildman–Crippen LogP) is 2.66. The molecule has 0 fully saturated rings. The molecular formula is C25H24N4O7S. The van der Waals surface area contributed by atoms with Crippen LogP contribution in [-0.4, -0.2) is 57.3 Å². The number of H-pyrrole nitrogens is 1. The number of carbonyl (C=O) groups excluding carboxylic acids is 1. The summed E-state index contributed by atoms with van der Waals surface area (Å²) in [7, 11) is -3.37. The van der Waals surface area contributed by atoms with Crippen molar-refractivity contribution in [2.24, 2.45) is 0 Å². The van der Waals surface area contributed by atoms with Crippen LogP contribution in [0.15, 0.2) is 65.7 Å². The van der Waals surface area contributed by atoms with Crippen molar-refractivity contribution in [1.82, 2.24) is 20.3 Å². The lowest BCUT2D eigenvalue weighted by molar-refractivity contribution is -0.149. The highest BCUT2D eigenvalue weighted by Crippen LogP contribution is 2.31. The Labute approximate surface area is 212 Å². The lowest BCUT2D eigenvalue weighted by atomic mass is 10.1. The maximum absolute atomic E-state index is 12.2. The third kappa shape index (κ3) is 6.11. The Hall–Kier alpha value is -4.29. The minimum atomic E-state index is -3.37. The van der Waals surface area contributed by atoms with Gasteiger partial charge in [-0.05, 0) is 42.5 Å². The molecule has 0 aliphatic carbocycles. The first-order valence-electron chi connectivity index (χ1n) is 11.3. The number of nitrogens with one attached hydrogen (secondary N) is 2. The number of aliphatic hydroxyl groups excluding tert-OH is 1. The van der Waals surface area contributed by atoms with Gasteiger partial charge in [0.15, 0.2) is 21.8 Å². The van der Waals surface area contributed by atoms with Gasteiger partial charge >= 0.3 is 5.97 Å². The van der Waals surface area contributed by atoms with Crippen LogP contribution in [0.4, 0.5) is 0 Å². The molecular weight excluding hydrogens is 500 g/mol. The van der Waals surface area contributed by atoms with Gasteiger partial charge in [0.25, 0.3) is 0 Å². The molecule has 0 aliphatic rings. The first-order valence-corrected chi connectivity index (χ1v) is 12.9. The fourth-order valence-electron chi connectivity index (χ4n) is 3.48. The third-order valence-electron chi connectivity index (χ3n) is 5.50. The zero-order chi connectivity index (χ0) is 26.6. The molecule has 1 atom stereocenters. The fraction of sp³-hybridized carbons (Fsp3) is 0.200. The lowest BCUT2D eigenvalue weighted by Crippen LogP contribution is -2.30. The van der Waals surface area contributed by atoms with Crippen LogP contribution in [0.1, 0.15) is 18.9 Å². The highest BCUT2D eigenvalue weighted by atomic mass is 32.2. The van der Waals surface area contributed by atoms with Crippen molar-refractivity contribution in [2.75, 3.05) is 5.75 Å². The minimum Gasteiger partial charge on any atom is -0.479 e. The van der Waals surface area contributed by atoms with Gasteiger partial charge < -0.3 is 25.3 Å². The highest BCUT2D eigenvalue weighted by molar-refractivity contribution is 7.91. The maximum atomic E-state index is 12.2. The topological polar surface area (TPSA) is 172 Å². The number of nitrogens with zero attached hydrogens (tertiary/aromatic N) is 2. The van der Waals surface area contributed by atoms with Gasteiger partial charge in [0, 0.05) is 24.4 Å². The van der Waals surface area contributed by atoms with E-state index in [0.29, 0.717) is 39.6 Å². The minimum absolute atomic E-state index is 0.0257. The van der Waals surface area contributed by atoms with Crippen molar-refractivity contribution >= 4 is 32.7 Å². The van der Waals surface area contributed by atoms with Gasteiger partial charge in [-0.25, -0.2) is 18.2 Å². The zero-order valence-corrected chi connectivity index (χ0v) is 20.5. The van der Waals surface area contributed by atoms with E-state index in [1.165, 1.54) is 24.3 Å². The number of fused-ring (bicyclic) bond motifs is 1. The second-order valence-electron chi connectivity index (χ2n) is 8.09. The molecule has 4 aromatic rings. The quantitative estimate of drug-likeness (QED) is 0.243. The van der Waals surface area contributed by atoms with E-state index < -0.39 is 34.2 Å². The molecule has 1 unspecified atom stereocenters. The average molecular weight is 525 g/mol. The molecule has 1 amide bonds. The van der Waals surface area contributed by atoms with Gasteiger partial charge in [0.2, 0.25) is 5.91 Å². The summed E-state index contributed by atoms with van der Waals surface area (Å²) in [6, 6.07) is 14.8. The summed E-state index contributed by atoms with van der Waals surface area (Å²) in [5.41, 5.74) is 2.38. The number of aliphatic hydroxyl groups is 1. The monoisotopic (exact) mass is 524 g/mol. The second-order valence-corrected chi connectivity index (χ2v) is 10.4. The van der Waals surface area contributed by atoms with Gasteiger partial charge in [-0.15, -0.1) is 0 Å². The molecule has 2 heterocycles. The van der Waals surface area contributed by atoms with Crippen LogP contribution >= 0.6 is 0 Å². The Morgan fingerprint density at radius 2 is 1.89 bits per heavy atom. The molecule has 4 rings (SSSR count).